The fourth-order valence-corrected chi connectivity index (χ4v) is 3.46. The number of rotatable bonds is 3. The summed E-state index contributed by atoms with van der Waals surface area (Å²) in [6.07, 6.45) is 2.55. The molecule has 3 rings (SSSR count). The lowest BCUT2D eigenvalue weighted by Gasteiger charge is -2.22. The fraction of sp³-hybridized carbons (Fsp3) is 0.562. The van der Waals surface area contributed by atoms with Gasteiger partial charge in [-0.3, -0.25) is 0 Å². The van der Waals surface area contributed by atoms with Gasteiger partial charge in [-0.2, -0.15) is 0 Å². The van der Waals surface area contributed by atoms with Crippen LogP contribution in [0.1, 0.15) is 36.5 Å². The predicted molar refractivity (Wildman–Crippen MR) is 84.4 cm³/mol. The quantitative estimate of drug-likeness (QED) is 0.803. The number of imidazole rings is 1. The number of hydrogen-bond acceptors (Lipinski definition) is 2. The van der Waals surface area contributed by atoms with Crippen LogP contribution in [-0.4, -0.2) is 34.1 Å². The highest BCUT2D eigenvalue weighted by molar-refractivity contribution is 6.20. The normalized spacial score (nSPS) is 21.7. The summed E-state index contributed by atoms with van der Waals surface area (Å²) in [6.45, 7) is 6.35. The summed E-state index contributed by atoms with van der Waals surface area (Å²) in [5, 5.41) is -0.0616. The molecule has 1 aromatic heterocycles. The number of aryl methyl sites for hydroxylation is 1. The molecule has 0 N–H and O–H groups in total. The lowest BCUT2D eigenvalue weighted by atomic mass is 10.2. The number of fused-ring (bicyclic) bond motifs is 1. The summed E-state index contributed by atoms with van der Waals surface area (Å²) in [4.78, 5) is 7.20. The Labute approximate surface area is 125 Å². The Morgan fingerprint density at radius 2 is 2.25 bits per heavy atom. The van der Waals surface area contributed by atoms with E-state index in [2.05, 4.69) is 41.6 Å². The molecule has 1 aromatic carbocycles. The molecule has 2 aromatic rings. The van der Waals surface area contributed by atoms with Crippen LogP contribution in [0, 0.1) is 6.92 Å². The molecule has 2 atom stereocenters. The molecule has 0 radical (unpaired) electrons. The second kappa shape index (κ2) is 5.38. The van der Waals surface area contributed by atoms with E-state index in [-0.39, 0.29) is 5.38 Å². The van der Waals surface area contributed by atoms with Crippen LogP contribution >= 0.6 is 11.6 Å². The third-order valence-electron chi connectivity index (χ3n) is 4.42. The van der Waals surface area contributed by atoms with Crippen LogP contribution in [0.15, 0.2) is 18.2 Å². The van der Waals surface area contributed by atoms with Crippen LogP contribution in [0.5, 0.6) is 0 Å². The van der Waals surface area contributed by atoms with E-state index in [9.17, 15) is 0 Å². The van der Waals surface area contributed by atoms with Crippen molar-refractivity contribution in [2.45, 2.75) is 44.7 Å². The van der Waals surface area contributed by atoms with E-state index < -0.39 is 0 Å². The van der Waals surface area contributed by atoms with Crippen molar-refractivity contribution in [1.29, 1.82) is 0 Å². The van der Waals surface area contributed by atoms with Crippen molar-refractivity contribution < 1.29 is 0 Å². The van der Waals surface area contributed by atoms with Gasteiger partial charge in [0, 0.05) is 12.6 Å². The molecule has 0 amide bonds. The smallest absolute Gasteiger partial charge is 0.127 e. The second-order valence-electron chi connectivity index (χ2n) is 5.92. The largest absolute Gasteiger partial charge is 0.325 e. The van der Waals surface area contributed by atoms with Gasteiger partial charge in [-0.05, 0) is 51.9 Å². The molecule has 3 nitrogen and oxygen atoms in total. The molecule has 4 heteroatoms. The Bertz CT molecular complexity index is 617. The van der Waals surface area contributed by atoms with Crippen LogP contribution in [-0.2, 0) is 6.54 Å². The monoisotopic (exact) mass is 291 g/mol. The molecule has 1 fully saturated rings. The number of benzene rings is 1. The summed E-state index contributed by atoms with van der Waals surface area (Å²) >= 11 is 6.36. The maximum absolute atomic E-state index is 6.36. The van der Waals surface area contributed by atoms with E-state index in [1.54, 1.807) is 0 Å². The number of nitrogens with zero attached hydrogens (tertiary/aromatic N) is 3. The standard InChI is InChI=1S/C16H22ClN3/c1-11-6-4-8-14-15(11)20(16(18-14)12(2)17)10-13-7-5-9-19(13)3/h4,6,8,12-13H,5,7,9-10H2,1-3H3. The third kappa shape index (κ3) is 2.33. The van der Waals surface area contributed by atoms with Gasteiger partial charge in [-0.1, -0.05) is 12.1 Å². The van der Waals surface area contributed by atoms with Crippen molar-refractivity contribution in [1.82, 2.24) is 14.5 Å². The summed E-state index contributed by atoms with van der Waals surface area (Å²) < 4.78 is 2.34. The Kier molecular flexibility index (Phi) is 3.74. The molecular formula is C16H22ClN3. The Balaban J connectivity index is 2.08. The molecule has 108 valence electrons. The van der Waals surface area contributed by atoms with E-state index >= 15 is 0 Å². The van der Waals surface area contributed by atoms with Gasteiger partial charge in [-0.15, -0.1) is 11.6 Å². The van der Waals surface area contributed by atoms with Crippen LogP contribution in [0.4, 0.5) is 0 Å². The van der Waals surface area contributed by atoms with Crippen LogP contribution in [0.25, 0.3) is 11.0 Å². The van der Waals surface area contributed by atoms with Crippen molar-refractivity contribution in [3.8, 4) is 0 Å². The predicted octanol–water partition coefficient (Wildman–Crippen LogP) is 3.74. The Hall–Kier alpha value is -1.06. The number of para-hydroxylation sites is 1. The maximum Gasteiger partial charge on any atom is 0.127 e. The molecule has 0 spiro atoms. The summed E-state index contributed by atoms with van der Waals surface area (Å²) in [7, 11) is 2.22. The lowest BCUT2D eigenvalue weighted by molar-refractivity contribution is 0.282. The van der Waals surface area contributed by atoms with Gasteiger partial charge in [0.25, 0.3) is 0 Å². The number of alkyl halides is 1. The highest BCUT2D eigenvalue weighted by Crippen LogP contribution is 2.28. The summed E-state index contributed by atoms with van der Waals surface area (Å²) in [5.41, 5.74) is 3.59. The van der Waals surface area contributed by atoms with Crippen LogP contribution < -0.4 is 0 Å². The molecule has 1 aliphatic rings. The van der Waals surface area contributed by atoms with Gasteiger partial charge in [0.1, 0.15) is 5.82 Å². The van der Waals surface area contributed by atoms with Gasteiger partial charge < -0.3 is 9.47 Å². The van der Waals surface area contributed by atoms with E-state index in [4.69, 9.17) is 16.6 Å². The summed E-state index contributed by atoms with van der Waals surface area (Å²) in [6, 6.07) is 6.90. The zero-order chi connectivity index (χ0) is 14.3. The first-order valence-electron chi connectivity index (χ1n) is 7.38. The van der Waals surface area contributed by atoms with E-state index in [0.717, 1.165) is 17.9 Å². The fourth-order valence-electron chi connectivity index (χ4n) is 3.29. The van der Waals surface area contributed by atoms with Gasteiger partial charge in [0.15, 0.2) is 0 Å². The minimum absolute atomic E-state index is 0.0616. The molecule has 2 heterocycles. The molecular weight excluding hydrogens is 270 g/mol. The zero-order valence-electron chi connectivity index (χ0n) is 12.4. The van der Waals surface area contributed by atoms with Gasteiger partial charge in [0.05, 0.1) is 16.4 Å². The first-order chi connectivity index (χ1) is 9.58. The van der Waals surface area contributed by atoms with Crippen molar-refractivity contribution in [2.24, 2.45) is 0 Å². The third-order valence-corrected chi connectivity index (χ3v) is 4.61. The topological polar surface area (TPSA) is 21.1 Å². The number of hydrogen-bond donors (Lipinski definition) is 0. The van der Waals surface area contributed by atoms with Crippen LogP contribution in [0.3, 0.4) is 0 Å². The molecule has 1 aliphatic heterocycles. The van der Waals surface area contributed by atoms with E-state index in [1.807, 2.05) is 6.92 Å². The second-order valence-corrected chi connectivity index (χ2v) is 6.57. The Morgan fingerprint density at radius 3 is 2.90 bits per heavy atom. The van der Waals surface area contributed by atoms with Crippen molar-refractivity contribution in [3.05, 3.63) is 29.6 Å². The zero-order valence-corrected chi connectivity index (χ0v) is 13.2. The SMILES string of the molecule is Cc1cccc2nc(C(C)Cl)n(CC3CCCN3C)c12. The number of halogens is 1. The van der Waals surface area contributed by atoms with Gasteiger partial charge in [-0.25, -0.2) is 4.98 Å². The molecule has 2 unspecified atom stereocenters. The first-order valence-corrected chi connectivity index (χ1v) is 7.81. The van der Waals surface area contributed by atoms with Crippen molar-refractivity contribution in [3.63, 3.8) is 0 Å². The average molecular weight is 292 g/mol. The number of likely N-dealkylation sites (tertiary alicyclic amines) is 1. The van der Waals surface area contributed by atoms with E-state index in [1.165, 1.54) is 30.5 Å². The minimum atomic E-state index is -0.0616. The number of aromatic nitrogens is 2. The van der Waals surface area contributed by atoms with Gasteiger partial charge >= 0.3 is 0 Å². The van der Waals surface area contributed by atoms with Crippen molar-refractivity contribution in [2.75, 3.05) is 13.6 Å². The highest BCUT2D eigenvalue weighted by Gasteiger charge is 2.24. The summed E-state index contributed by atoms with van der Waals surface area (Å²) in [5.74, 6) is 0.997. The highest BCUT2D eigenvalue weighted by atomic mass is 35.5. The molecule has 0 aliphatic carbocycles. The molecule has 1 saturated heterocycles. The lowest BCUT2D eigenvalue weighted by Crippen LogP contribution is -2.30. The molecule has 20 heavy (non-hydrogen) atoms. The molecule has 0 saturated carbocycles. The van der Waals surface area contributed by atoms with Crippen molar-refractivity contribution >= 4 is 22.6 Å². The van der Waals surface area contributed by atoms with Gasteiger partial charge in [0.2, 0.25) is 0 Å². The minimum Gasteiger partial charge on any atom is -0.325 e. The number of likely N-dealkylation sites (N-methyl/N-ethyl adjacent to an activating group) is 1. The Morgan fingerprint density at radius 1 is 1.45 bits per heavy atom. The maximum atomic E-state index is 6.36. The van der Waals surface area contributed by atoms with E-state index in [0.29, 0.717) is 6.04 Å². The average Bonchev–Trinajstić information content (AvgIpc) is 2.96. The van der Waals surface area contributed by atoms with Crippen LogP contribution in [0.2, 0.25) is 0 Å². The molecule has 0 bridgehead atoms. The first kappa shape index (κ1) is 13.9.